The summed E-state index contributed by atoms with van der Waals surface area (Å²) in [4.78, 5) is 23.7. The minimum Gasteiger partial charge on any atom is -0.454 e. The van der Waals surface area contributed by atoms with Crippen LogP contribution in [0.2, 0.25) is 5.02 Å². The van der Waals surface area contributed by atoms with Crippen LogP contribution in [-0.4, -0.2) is 25.2 Å². The molecule has 2 aromatic carbocycles. The predicted octanol–water partition coefficient (Wildman–Crippen LogP) is 2.43. The number of amides is 2. The van der Waals surface area contributed by atoms with Crippen molar-refractivity contribution in [2.24, 2.45) is 0 Å². The van der Waals surface area contributed by atoms with Gasteiger partial charge in [0, 0.05) is 18.1 Å². The van der Waals surface area contributed by atoms with Gasteiger partial charge in [0.25, 0.3) is 0 Å². The molecule has 6 nitrogen and oxygen atoms in total. The van der Waals surface area contributed by atoms with Crippen LogP contribution in [0.1, 0.15) is 17.5 Å². The Morgan fingerprint density at radius 3 is 2.62 bits per heavy atom. The zero-order chi connectivity index (χ0) is 18.4. The van der Waals surface area contributed by atoms with Crippen LogP contribution in [0.15, 0.2) is 42.5 Å². The molecule has 2 amide bonds. The second-order valence-electron chi connectivity index (χ2n) is 5.87. The standard InChI is InChI=1S/C19H19ClN2O4/c20-15-3-1-2-13(8-15)6-7-21-18(23)10-19(24)22-11-14-4-5-16-17(9-14)26-12-25-16/h1-5,8-9H,6-7,10-12H2,(H,21,23)(H,22,24). The first-order chi connectivity index (χ1) is 12.6. The van der Waals surface area contributed by atoms with Gasteiger partial charge in [-0.15, -0.1) is 0 Å². The maximum absolute atomic E-state index is 11.9. The van der Waals surface area contributed by atoms with Gasteiger partial charge in [-0.25, -0.2) is 0 Å². The SMILES string of the molecule is O=C(CC(=O)NCc1ccc2c(c1)OCO2)NCCc1cccc(Cl)c1. The normalized spacial score (nSPS) is 11.9. The van der Waals surface area contributed by atoms with Crippen LogP contribution in [0, 0.1) is 0 Å². The van der Waals surface area contributed by atoms with Gasteiger partial charge in [0.2, 0.25) is 18.6 Å². The Bertz CT molecular complexity index is 810. The van der Waals surface area contributed by atoms with Crippen LogP contribution in [-0.2, 0) is 22.6 Å². The Hall–Kier alpha value is -2.73. The summed E-state index contributed by atoms with van der Waals surface area (Å²) in [6, 6.07) is 12.9. The largest absolute Gasteiger partial charge is 0.454 e. The Kier molecular flexibility index (Phi) is 5.96. The van der Waals surface area contributed by atoms with Gasteiger partial charge in [-0.3, -0.25) is 9.59 Å². The van der Waals surface area contributed by atoms with E-state index >= 15 is 0 Å². The molecule has 26 heavy (non-hydrogen) atoms. The molecule has 0 spiro atoms. The maximum atomic E-state index is 11.9. The first kappa shape index (κ1) is 18.1. The second-order valence-corrected chi connectivity index (χ2v) is 6.31. The molecule has 2 N–H and O–H groups in total. The van der Waals surface area contributed by atoms with E-state index in [9.17, 15) is 9.59 Å². The molecule has 1 heterocycles. The van der Waals surface area contributed by atoms with Gasteiger partial charge in [0.1, 0.15) is 6.42 Å². The summed E-state index contributed by atoms with van der Waals surface area (Å²) in [6.45, 7) is 0.986. The van der Waals surface area contributed by atoms with E-state index in [2.05, 4.69) is 10.6 Å². The van der Waals surface area contributed by atoms with Gasteiger partial charge in [0.05, 0.1) is 0 Å². The van der Waals surface area contributed by atoms with Crippen molar-refractivity contribution < 1.29 is 19.1 Å². The first-order valence-corrected chi connectivity index (χ1v) is 8.64. The molecule has 1 aliphatic heterocycles. The number of nitrogens with one attached hydrogen (secondary N) is 2. The van der Waals surface area contributed by atoms with Crippen molar-refractivity contribution in [1.29, 1.82) is 0 Å². The van der Waals surface area contributed by atoms with E-state index in [1.54, 1.807) is 12.1 Å². The third kappa shape index (κ3) is 5.13. The van der Waals surface area contributed by atoms with E-state index in [-0.39, 0.29) is 25.0 Å². The Morgan fingerprint density at radius 2 is 1.77 bits per heavy atom. The van der Waals surface area contributed by atoms with Crippen LogP contribution in [0.5, 0.6) is 11.5 Å². The fourth-order valence-corrected chi connectivity index (χ4v) is 2.77. The molecular weight excluding hydrogens is 356 g/mol. The molecule has 0 aromatic heterocycles. The molecule has 0 atom stereocenters. The molecule has 0 unspecified atom stereocenters. The maximum Gasteiger partial charge on any atom is 0.231 e. The number of carbonyl (C=O) groups excluding carboxylic acids is 2. The monoisotopic (exact) mass is 374 g/mol. The van der Waals surface area contributed by atoms with E-state index in [1.165, 1.54) is 0 Å². The highest BCUT2D eigenvalue weighted by molar-refractivity contribution is 6.30. The van der Waals surface area contributed by atoms with E-state index < -0.39 is 0 Å². The topological polar surface area (TPSA) is 76.7 Å². The molecule has 0 bridgehead atoms. The number of carbonyl (C=O) groups is 2. The summed E-state index contributed by atoms with van der Waals surface area (Å²) in [5.74, 6) is 0.716. The van der Waals surface area contributed by atoms with Gasteiger partial charge in [-0.05, 0) is 41.8 Å². The number of ether oxygens (including phenoxy) is 2. The van der Waals surface area contributed by atoms with Crippen molar-refractivity contribution in [3.8, 4) is 11.5 Å². The first-order valence-electron chi connectivity index (χ1n) is 8.26. The average Bonchev–Trinajstić information content (AvgIpc) is 3.08. The second kappa shape index (κ2) is 8.58. The van der Waals surface area contributed by atoms with Gasteiger partial charge in [-0.1, -0.05) is 29.8 Å². The van der Waals surface area contributed by atoms with Gasteiger partial charge in [-0.2, -0.15) is 0 Å². The molecule has 2 aromatic rings. The number of rotatable bonds is 7. The van der Waals surface area contributed by atoms with Crippen molar-refractivity contribution >= 4 is 23.4 Å². The van der Waals surface area contributed by atoms with Crippen molar-refractivity contribution in [1.82, 2.24) is 10.6 Å². The molecule has 1 aliphatic rings. The molecule has 136 valence electrons. The third-order valence-electron chi connectivity index (χ3n) is 3.87. The van der Waals surface area contributed by atoms with E-state index in [1.807, 2.05) is 30.3 Å². The lowest BCUT2D eigenvalue weighted by atomic mass is 10.1. The predicted molar refractivity (Wildman–Crippen MR) is 97.2 cm³/mol. The smallest absolute Gasteiger partial charge is 0.231 e. The highest BCUT2D eigenvalue weighted by Gasteiger charge is 2.14. The molecule has 3 rings (SSSR count). The van der Waals surface area contributed by atoms with Crippen LogP contribution in [0.3, 0.4) is 0 Å². The molecule has 0 aliphatic carbocycles. The lowest BCUT2D eigenvalue weighted by Gasteiger charge is -2.08. The number of halogens is 1. The zero-order valence-electron chi connectivity index (χ0n) is 14.1. The highest BCUT2D eigenvalue weighted by atomic mass is 35.5. The van der Waals surface area contributed by atoms with E-state index in [4.69, 9.17) is 21.1 Å². The molecule has 0 fully saturated rings. The van der Waals surface area contributed by atoms with Gasteiger partial charge >= 0.3 is 0 Å². The fraction of sp³-hybridized carbons (Fsp3) is 0.263. The Morgan fingerprint density at radius 1 is 0.962 bits per heavy atom. The summed E-state index contributed by atoms with van der Waals surface area (Å²) in [7, 11) is 0. The minimum absolute atomic E-state index is 0.208. The average molecular weight is 375 g/mol. The van der Waals surface area contributed by atoms with E-state index in [0.29, 0.717) is 36.0 Å². The zero-order valence-corrected chi connectivity index (χ0v) is 14.8. The number of fused-ring (bicyclic) bond motifs is 1. The van der Waals surface area contributed by atoms with E-state index in [0.717, 1.165) is 11.1 Å². The molecule has 0 radical (unpaired) electrons. The summed E-state index contributed by atoms with van der Waals surface area (Å²) in [5.41, 5.74) is 1.91. The fourth-order valence-electron chi connectivity index (χ4n) is 2.56. The van der Waals surface area contributed by atoms with Crippen molar-refractivity contribution in [3.05, 3.63) is 58.6 Å². The van der Waals surface area contributed by atoms with Crippen LogP contribution >= 0.6 is 11.6 Å². The minimum atomic E-state index is -0.331. The van der Waals surface area contributed by atoms with Crippen molar-refractivity contribution in [2.75, 3.05) is 13.3 Å². The summed E-state index contributed by atoms with van der Waals surface area (Å²) >= 11 is 5.92. The van der Waals surface area contributed by atoms with Crippen molar-refractivity contribution in [2.45, 2.75) is 19.4 Å². The van der Waals surface area contributed by atoms with Crippen molar-refractivity contribution in [3.63, 3.8) is 0 Å². The molecule has 0 saturated carbocycles. The van der Waals surface area contributed by atoms with Crippen LogP contribution in [0.25, 0.3) is 0 Å². The summed E-state index contributed by atoms with van der Waals surface area (Å²) in [5, 5.41) is 6.12. The number of hydrogen-bond acceptors (Lipinski definition) is 4. The summed E-state index contributed by atoms with van der Waals surface area (Å²) in [6.07, 6.45) is 0.450. The quantitative estimate of drug-likeness (QED) is 0.730. The van der Waals surface area contributed by atoms with Gasteiger partial charge < -0.3 is 20.1 Å². The van der Waals surface area contributed by atoms with Gasteiger partial charge in [0.15, 0.2) is 11.5 Å². The summed E-state index contributed by atoms with van der Waals surface area (Å²) < 4.78 is 10.5. The number of benzene rings is 2. The van der Waals surface area contributed by atoms with Crippen LogP contribution in [0.4, 0.5) is 0 Å². The molecular formula is C19H19ClN2O4. The lowest BCUT2D eigenvalue weighted by Crippen LogP contribution is -2.32. The molecule has 7 heteroatoms. The number of hydrogen-bond donors (Lipinski definition) is 2. The van der Waals surface area contributed by atoms with Crippen LogP contribution < -0.4 is 20.1 Å². The Labute approximate surface area is 156 Å². The Balaban J connectivity index is 1.37. The molecule has 0 saturated heterocycles. The highest BCUT2D eigenvalue weighted by Crippen LogP contribution is 2.32. The third-order valence-corrected chi connectivity index (χ3v) is 4.11. The lowest BCUT2D eigenvalue weighted by molar-refractivity contribution is -0.129.